The average molecular weight is 310 g/mol. The highest BCUT2D eigenvalue weighted by Gasteiger charge is 2.14. The van der Waals surface area contributed by atoms with E-state index in [1.165, 1.54) is 5.56 Å². The quantitative estimate of drug-likeness (QED) is 0.755. The molecule has 0 radical (unpaired) electrons. The van der Waals surface area contributed by atoms with Gasteiger partial charge in [0.2, 0.25) is 0 Å². The lowest BCUT2D eigenvalue weighted by atomic mass is 10.2. The normalized spacial score (nSPS) is 12.3. The van der Waals surface area contributed by atoms with Crippen LogP contribution in [-0.4, -0.2) is 24.5 Å². The van der Waals surface area contributed by atoms with Crippen LogP contribution in [0.5, 0.6) is 0 Å². The van der Waals surface area contributed by atoms with E-state index in [1.807, 2.05) is 62.5 Å². The number of hydrogen-bond donors (Lipinski definition) is 2. The molecule has 1 atom stereocenters. The predicted octanol–water partition coefficient (Wildman–Crippen LogP) is 1.79. The Balaban J connectivity index is 1.56. The third-order valence-electron chi connectivity index (χ3n) is 3.59. The zero-order chi connectivity index (χ0) is 16.2. The second-order valence-corrected chi connectivity index (χ2v) is 5.80. The minimum absolute atomic E-state index is 0.0255. The van der Waals surface area contributed by atoms with E-state index in [0.29, 0.717) is 19.0 Å². The number of rotatable bonds is 5. The molecule has 2 N–H and O–H groups in total. The van der Waals surface area contributed by atoms with E-state index >= 15 is 0 Å². The van der Waals surface area contributed by atoms with Crippen LogP contribution in [0.3, 0.4) is 0 Å². The fourth-order valence-corrected chi connectivity index (χ4v) is 2.43. The van der Waals surface area contributed by atoms with Gasteiger partial charge in [-0.15, -0.1) is 0 Å². The number of aryl methyl sites for hydroxylation is 1. The van der Waals surface area contributed by atoms with E-state index in [9.17, 15) is 4.79 Å². The first-order valence-corrected chi connectivity index (χ1v) is 7.62. The molecule has 1 unspecified atom stereocenters. The van der Waals surface area contributed by atoms with Crippen LogP contribution in [0.4, 0.5) is 5.69 Å². The number of hydrogen-bond acceptors (Lipinski definition) is 3. The summed E-state index contributed by atoms with van der Waals surface area (Å²) in [5, 5.41) is 2.90. The van der Waals surface area contributed by atoms with Gasteiger partial charge in [-0.05, 0) is 31.2 Å². The highest BCUT2D eigenvalue weighted by Crippen LogP contribution is 2.13. The predicted molar refractivity (Wildman–Crippen MR) is 89.3 cm³/mol. The Morgan fingerprint density at radius 1 is 1.17 bits per heavy atom. The largest absolute Gasteiger partial charge is 0.435 e. The second kappa shape index (κ2) is 6.62. The summed E-state index contributed by atoms with van der Waals surface area (Å²) in [5.41, 5.74) is 3.61. The molecule has 5 heteroatoms. The fraction of sp³-hybridized carbons (Fsp3) is 0.222. The number of amides is 1. The molecule has 0 aliphatic rings. The SMILES string of the molecule is Cc1ccc(NC(=O)C[NH+](C)Cc2nc3ccccc3o2)cc1. The molecule has 0 bridgehead atoms. The minimum atomic E-state index is -0.0255. The smallest absolute Gasteiger partial charge is 0.279 e. The zero-order valence-electron chi connectivity index (χ0n) is 13.3. The second-order valence-electron chi connectivity index (χ2n) is 5.80. The van der Waals surface area contributed by atoms with Gasteiger partial charge in [-0.1, -0.05) is 29.8 Å². The van der Waals surface area contributed by atoms with Crippen molar-refractivity contribution in [1.82, 2.24) is 4.98 Å². The lowest BCUT2D eigenvalue weighted by molar-refractivity contribution is -0.886. The van der Waals surface area contributed by atoms with Crippen LogP contribution in [-0.2, 0) is 11.3 Å². The van der Waals surface area contributed by atoms with E-state index in [0.717, 1.165) is 21.7 Å². The number of anilines is 1. The number of carbonyl (C=O) groups excluding carboxylic acids is 1. The van der Waals surface area contributed by atoms with Crippen molar-refractivity contribution >= 4 is 22.7 Å². The average Bonchev–Trinajstić information content (AvgIpc) is 2.91. The monoisotopic (exact) mass is 310 g/mol. The molecule has 0 aliphatic heterocycles. The summed E-state index contributed by atoms with van der Waals surface area (Å²) >= 11 is 0. The lowest BCUT2D eigenvalue weighted by Gasteiger charge is -2.12. The van der Waals surface area contributed by atoms with Crippen LogP contribution in [0.25, 0.3) is 11.1 Å². The molecule has 23 heavy (non-hydrogen) atoms. The van der Waals surface area contributed by atoms with Crippen molar-refractivity contribution in [3.8, 4) is 0 Å². The number of para-hydroxylation sites is 2. The number of nitrogens with zero attached hydrogens (tertiary/aromatic N) is 1. The maximum atomic E-state index is 12.1. The van der Waals surface area contributed by atoms with Crippen LogP contribution in [0.2, 0.25) is 0 Å². The molecule has 0 aliphatic carbocycles. The fourth-order valence-electron chi connectivity index (χ4n) is 2.43. The zero-order valence-corrected chi connectivity index (χ0v) is 13.3. The summed E-state index contributed by atoms with van der Waals surface area (Å²) in [4.78, 5) is 17.5. The van der Waals surface area contributed by atoms with Crippen molar-refractivity contribution in [3.05, 3.63) is 60.0 Å². The topological polar surface area (TPSA) is 59.6 Å². The number of carbonyl (C=O) groups is 1. The first kappa shape index (κ1) is 15.2. The number of nitrogens with one attached hydrogen (secondary N) is 2. The van der Waals surface area contributed by atoms with Crippen molar-refractivity contribution in [3.63, 3.8) is 0 Å². The van der Waals surface area contributed by atoms with E-state index < -0.39 is 0 Å². The molecule has 118 valence electrons. The molecule has 1 amide bonds. The molecule has 0 saturated carbocycles. The molecule has 3 aromatic rings. The van der Waals surface area contributed by atoms with E-state index in [2.05, 4.69) is 10.3 Å². The summed E-state index contributed by atoms with van der Waals surface area (Å²) in [6.07, 6.45) is 0. The lowest BCUT2D eigenvalue weighted by Crippen LogP contribution is -3.08. The van der Waals surface area contributed by atoms with E-state index in [-0.39, 0.29) is 5.91 Å². The Morgan fingerprint density at radius 3 is 2.65 bits per heavy atom. The highest BCUT2D eigenvalue weighted by atomic mass is 16.3. The third-order valence-corrected chi connectivity index (χ3v) is 3.59. The third kappa shape index (κ3) is 3.96. The number of quaternary nitrogens is 1. The molecule has 1 aromatic heterocycles. The molecule has 1 heterocycles. The Hall–Kier alpha value is -2.66. The summed E-state index contributed by atoms with van der Waals surface area (Å²) in [7, 11) is 1.95. The van der Waals surface area contributed by atoms with Gasteiger partial charge in [0.05, 0.1) is 7.05 Å². The number of aromatic nitrogens is 1. The maximum absolute atomic E-state index is 12.1. The van der Waals surface area contributed by atoms with Gasteiger partial charge in [0, 0.05) is 5.69 Å². The molecule has 2 aromatic carbocycles. The Morgan fingerprint density at radius 2 is 1.91 bits per heavy atom. The van der Waals surface area contributed by atoms with Gasteiger partial charge < -0.3 is 14.6 Å². The van der Waals surface area contributed by atoms with Crippen LogP contribution >= 0.6 is 0 Å². The van der Waals surface area contributed by atoms with Crippen LogP contribution in [0, 0.1) is 6.92 Å². The Bertz CT molecular complexity index is 776. The molecule has 0 fully saturated rings. The maximum Gasteiger partial charge on any atom is 0.279 e. The molecule has 0 saturated heterocycles. The molecule has 0 spiro atoms. The van der Waals surface area contributed by atoms with E-state index in [4.69, 9.17) is 4.42 Å². The molecule has 3 rings (SSSR count). The first-order valence-electron chi connectivity index (χ1n) is 7.62. The van der Waals surface area contributed by atoms with Gasteiger partial charge in [-0.3, -0.25) is 4.79 Å². The Kier molecular flexibility index (Phi) is 4.39. The number of benzene rings is 2. The van der Waals surface area contributed by atoms with Crippen molar-refractivity contribution in [2.24, 2.45) is 0 Å². The molecular formula is C18H20N3O2+. The number of oxazole rings is 1. The summed E-state index contributed by atoms with van der Waals surface area (Å²) in [6, 6.07) is 15.4. The molecule has 5 nitrogen and oxygen atoms in total. The van der Waals surface area contributed by atoms with Crippen LogP contribution in [0.1, 0.15) is 11.5 Å². The van der Waals surface area contributed by atoms with Gasteiger partial charge in [0.25, 0.3) is 11.8 Å². The number of likely N-dealkylation sites (N-methyl/N-ethyl adjacent to an activating group) is 1. The standard InChI is InChI=1S/C18H19N3O2/c1-13-7-9-14(10-8-13)19-17(22)11-21(2)12-18-20-15-5-3-4-6-16(15)23-18/h3-10H,11-12H2,1-2H3,(H,19,22)/p+1. The summed E-state index contributed by atoms with van der Waals surface area (Å²) < 4.78 is 5.69. The summed E-state index contributed by atoms with van der Waals surface area (Å²) in [6.45, 7) is 2.94. The van der Waals surface area contributed by atoms with Gasteiger partial charge in [0.1, 0.15) is 5.52 Å². The van der Waals surface area contributed by atoms with Gasteiger partial charge in [0.15, 0.2) is 18.7 Å². The Labute approximate surface area is 134 Å². The minimum Gasteiger partial charge on any atom is -0.435 e. The number of fused-ring (bicyclic) bond motifs is 1. The van der Waals surface area contributed by atoms with Crippen LogP contribution < -0.4 is 10.2 Å². The molecular weight excluding hydrogens is 290 g/mol. The first-order chi connectivity index (χ1) is 11.1. The van der Waals surface area contributed by atoms with Gasteiger partial charge in [-0.2, -0.15) is 0 Å². The van der Waals surface area contributed by atoms with Crippen molar-refractivity contribution in [2.45, 2.75) is 13.5 Å². The van der Waals surface area contributed by atoms with Crippen LogP contribution in [0.15, 0.2) is 52.9 Å². The highest BCUT2D eigenvalue weighted by molar-refractivity contribution is 5.91. The van der Waals surface area contributed by atoms with Crippen molar-refractivity contribution < 1.29 is 14.1 Å². The van der Waals surface area contributed by atoms with E-state index in [1.54, 1.807) is 0 Å². The van der Waals surface area contributed by atoms with Gasteiger partial charge >= 0.3 is 0 Å². The van der Waals surface area contributed by atoms with Crippen molar-refractivity contribution in [2.75, 3.05) is 18.9 Å². The van der Waals surface area contributed by atoms with Crippen molar-refractivity contribution in [1.29, 1.82) is 0 Å². The summed E-state index contributed by atoms with van der Waals surface area (Å²) in [5.74, 6) is 0.620. The van der Waals surface area contributed by atoms with Gasteiger partial charge in [-0.25, -0.2) is 4.98 Å².